The van der Waals surface area contributed by atoms with Crippen molar-refractivity contribution in [3.63, 3.8) is 0 Å². The molecule has 0 amide bonds. The lowest BCUT2D eigenvalue weighted by Gasteiger charge is -2.46. The van der Waals surface area contributed by atoms with E-state index in [0.717, 1.165) is 5.57 Å². The van der Waals surface area contributed by atoms with Gasteiger partial charge in [0.05, 0.1) is 31.1 Å². The number of rotatable bonds is 2. The molecule has 0 aromatic heterocycles. The van der Waals surface area contributed by atoms with Crippen molar-refractivity contribution in [1.82, 2.24) is 4.90 Å². The SMILES string of the molecule is CC1C/C=C(Cl)/N=C2\C(=C/1CS(C)(=O)=O)OC[C@H]1COC[C@H](C)N21. The first-order valence-corrected chi connectivity index (χ1v) is 10.5. The predicted octanol–water partition coefficient (Wildman–Crippen LogP) is 1.92. The van der Waals surface area contributed by atoms with E-state index in [0.29, 0.717) is 43.0 Å². The molecule has 0 radical (unpaired) electrons. The molecule has 134 valence electrons. The number of morpholine rings is 2. The smallest absolute Gasteiger partial charge is 0.173 e. The van der Waals surface area contributed by atoms with Crippen molar-refractivity contribution in [1.29, 1.82) is 0 Å². The second-order valence-electron chi connectivity index (χ2n) is 6.78. The summed E-state index contributed by atoms with van der Waals surface area (Å²) in [5, 5.41) is 0.413. The fourth-order valence-corrected chi connectivity index (χ4v) is 4.54. The van der Waals surface area contributed by atoms with Gasteiger partial charge >= 0.3 is 0 Å². The van der Waals surface area contributed by atoms with Gasteiger partial charge < -0.3 is 14.4 Å². The van der Waals surface area contributed by atoms with E-state index < -0.39 is 9.84 Å². The second kappa shape index (κ2) is 6.69. The highest BCUT2D eigenvalue weighted by Gasteiger charge is 2.40. The lowest BCUT2D eigenvalue weighted by atomic mass is 9.95. The van der Waals surface area contributed by atoms with Crippen molar-refractivity contribution in [3.05, 3.63) is 22.6 Å². The van der Waals surface area contributed by atoms with Crippen molar-refractivity contribution >= 4 is 27.3 Å². The third-order valence-electron chi connectivity index (χ3n) is 4.56. The first kappa shape index (κ1) is 17.8. The number of nitrogens with zero attached hydrogens (tertiary/aromatic N) is 2. The Balaban J connectivity index is 2.12. The molecule has 6 nitrogen and oxygen atoms in total. The Morgan fingerprint density at radius 3 is 2.79 bits per heavy atom. The number of allylic oxidation sites excluding steroid dienone is 1. The van der Waals surface area contributed by atoms with Gasteiger partial charge in [0.15, 0.2) is 21.4 Å². The molecule has 2 saturated heterocycles. The molecule has 3 atom stereocenters. The Labute approximate surface area is 148 Å². The van der Waals surface area contributed by atoms with E-state index in [9.17, 15) is 8.42 Å². The molecule has 0 bridgehead atoms. The summed E-state index contributed by atoms with van der Waals surface area (Å²) in [6, 6.07) is 0.190. The molecular weight excluding hydrogens is 352 g/mol. The van der Waals surface area contributed by atoms with Crippen molar-refractivity contribution < 1.29 is 17.9 Å². The first-order chi connectivity index (χ1) is 11.3. The van der Waals surface area contributed by atoms with E-state index in [-0.39, 0.29) is 23.8 Å². The zero-order valence-corrected chi connectivity index (χ0v) is 15.7. The van der Waals surface area contributed by atoms with Gasteiger partial charge in [-0.15, -0.1) is 0 Å². The molecule has 0 saturated carbocycles. The number of aliphatic imine (C=N–C) groups is 1. The summed E-state index contributed by atoms with van der Waals surface area (Å²) in [5.41, 5.74) is 0.772. The zero-order valence-electron chi connectivity index (χ0n) is 14.2. The Morgan fingerprint density at radius 2 is 2.08 bits per heavy atom. The molecule has 3 aliphatic rings. The van der Waals surface area contributed by atoms with Crippen LogP contribution in [0, 0.1) is 5.92 Å². The minimum atomic E-state index is -3.18. The number of amidine groups is 1. The molecule has 8 heteroatoms. The third-order valence-corrected chi connectivity index (χ3v) is 5.64. The number of fused-ring (bicyclic) bond motifs is 3. The monoisotopic (exact) mass is 374 g/mol. The van der Waals surface area contributed by atoms with Gasteiger partial charge in [0.2, 0.25) is 0 Å². The van der Waals surface area contributed by atoms with Crippen molar-refractivity contribution in [3.8, 4) is 0 Å². The van der Waals surface area contributed by atoms with E-state index in [4.69, 9.17) is 21.1 Å². The number of hydrogen-bond donors (Lipinski definition) is 0. The van der Waals surface area contributed by atoms with Gasteiger partial charge in [0, 0.05) is 6.26 Å². The Kier molecular flexibility index (Phi) is 4.95. The van der Waals surface area contributed by atoms with Crippen LogP contribution in [0.15, 0.2) is 27.6 Å². The van der Waals surface area contributed by atoms with E-state index >= 15 is 0 Å². The lowest BCUT2D eigenvalue weighted by Crippen LogP contribution is -2.59. The molecule has 0 N–H and O–H groups in total. The van der Waals surface area contributed by atoms with E-state index in [1.54, 1.807) is 0 Å². The van der Waals surface area contributed by atoms with Gasteiger partial charge in [0.25, 0.3) is 0 Å². The number of ether oxygens (including phenoxy) is 2. The number of halogens is 1. The largest absolute Gasteiger partial charge is 0.487 e. The maximum Gasteiger partial charge on any atom is 0.173 e. The summed E-state index contributed by atoms with van der Waals surface area (Å²) >= 11 is 6.26. The van der Waals surface area contributed by atoms with Crippen molar-refractivity contribution in [2.75, 3.05) is 31.8 Å². The molecule has 3 rings (SSSR count). The van der Waals surface area contributed by atoms with E-state index in [1.807, 2.05) is 13.0 Å². The molecule has 0 aromatic carbocycles. The standard InChI is InChI=1S/C16H23ClN2O4S/c1-10-4-5-14(17)18-16-15(13(10)9-24(3,20)21)23-8-12-7-22-6-11(2)19(12)16/h5,10-12H,4,6-9H2,1-3H3/b14-5+,15-13+,18-16+/t10?,11-,12+/m0/s1. The van der Waals surface area contributed by atoms with Gasteiger partial charge in [-0.2, -0.15) is 0 Å². The molecule has 0 aliphatic carbocycles. The summed E-state index contributed by atoms with van der Waals surface area (Å²) in [4.78, 5) is 6.71. The number of sulfone groups is 1. The lowest BCUT2D eigenvalue weighted by molar-refractivity contribution is -0.0434. The Morgan fingerprint density at radius 1 is 1.33 bits per heavy atom. The average molecular weight is 375 g/mol. The van der Waals surface area contributed by atoms with Gasteiger partial charge in [-0.3, -0.25) is 0 Å². The fraction of sp³-hybridized carbons (Fsp3) is 0.688. The number of hydrogen-bond acceptors (Lipinski definition) is 6. The molecule has 3 aliphatic heterocycles. The molecular formula is C16H23ClN2O4S. The van der Waals surface area contributed by atoms with E-state index in [1.165, 1.54) is 6.26 Å². The van der Waals surface area contributed by atoms with Crippen LogP contribution in [-0.4, -0.2) is 63.1 Å². The van der Waals surface area contributed by atoms with Gasteiger partial charge in [-0.25, -0.2) is 13.4 Å². The minimum absolute atomic E-state index is 0.0156. The van der Waals surface area contributed by atoms with Crippen LogP contribution in [0.1, 0.15) is 20.3 Å². The van der Waals surface area contributed by atoms with Crippen LogP contribution >= 0.6 is 11.6 Å². The fourth-order valence-electron chi connectivity index (χ4n) is 3.39. The molecule has 0 aromatic rings. The van der Waals surface area contributed by atoms with Gasteiger partial charge in [0.1, 0.15) is 11.8 Å². The normalized spacial score (nSPS) is 38.5. The van der Waals surface area contributed by atoms with Crippen LogP contribution in [0.3, 0.4) is 0 Å². The first-order valence-electron chi connectivity index (χ1n) is 8.10. The molecule has 1 unspecified atom stereocenters. The van der Waals surface area contributed by atoms with Gasteiger partial charge in [-0.05, 0) is 30.9 Å². The minimum Gasteiger partial charge on any atom is -0.487 e. The predicted molar refractivity (Wildman–Crippen MR) is 93.7 cm³/mol. The Hall–Kier alpha value is -1.05. The highest BCUT2D eigenvalue weighted by molar-refractivity contribution is 7.90. The summed E-state index contributed by atoms with van der Waals surface area (Å²) in [7, 11) is -3.18. The van der Waals surface area contributed by atoms with Crippen LogP contribution in [0.2, 0.25) is 0 Å². The zero-order chi connectivity index (χ0) is 17.5. The van der Waals surface area contributed by atoms with Gasteiger partial charge in [-0.1, -0.05) is 18.5 Å². The van der Waals surface area contributed by atoms with Crippen LogP contribution in [0.5, 0.6) is 0 Å². The topological polar surface area (TPSA) is 68.2 Å². The maximum atomic E-state index is 11.9. The highest BCUT2D eigenvalue weighted by Crippen LogP contribution is 2.33. The average Bonchev–Trinajstić information content (AvgIpc) is 2.49. The quantitative estimate of drug-likeness (QED) is 0.691. The summed E-state index contributed by atoms with van der Waals surface area (Å²) in [6.45, 7) is 5.68. The van der Waals surface area contributed by atoms with Crippen LogP contribution < -0.4 is 0 Å². The molecule has 3 heterocycles. The summed E-state index contributed by atoms with van der Waals surface area (Å²) in [6.07, 6.45) is 3.72. The third kappa shape index (κ3) is 3.63. The second-order valence-corrected chi connectivity index (χ2v) is 9.31. The maximum absolute atomic E-state index is 11.9. The Bertz CT molecular complexity index is 714. The highest BCUT2D eigenvalue weighted by atomic mass is 35.5. The van der Waals surface area contributed by atoms with E-state index in [2.05, 4.69) is 16.8 Å². The summed E-state index contributed by atoms with van der Waals surface area (Å²) < 4.78 is 35.4. The molecule has 24 heavy (non-hydrogen) atoms. The molecule has 0 spiro atoms. The van der Waals surface area contributed by atoms with Crippen molar-refractivity contribution in [2.45, 2.75) is 32.4 Å². The summed E-state index contributed by atoms with van der Waals surface area (Å²) in [5.74, 6) is 1.19. The van der Waals surface area contributed by atoms with Crippen LogP contribution in [-0.2, 0) is 19.3 Å². The van der Waals surface area contributed by atoms with Crippen LogP contribution in [0.25, 0.3) is 0 Å². The van der Waals surface area contributed by atoms with Crippen molar-refractivity contribution in [2.24, 2.45) is 10.9 Å². The van der Waals surface area contributed by atoms with Crippen LogP contribution in [0.4, 0.5) is 0 Å². The molecule has 2 fully saturated rings.